The second-order valence-corrected chi connectivity index (χ2v) is 8.27. The minimum Gasteiger partial charge on any atom is -0.488 e. The van der Waals surface area contributed by atoms with Gasteiger partial charge in [0.15, 0.2) is 5.75 Å². The van der Waals surface area contributed by atoms with Crippen LogP contribution in [0.2, 0.25) is 5.02 Å². The summed E-state index contributed by atoms with van der Waals surface area (Å²) >= 11 is 6.05. The van der Waals surface area contributed by atoms with E-state index in [9.17, 15) is 13.8 Å². The maximum Gasteiger partial charge on any atom is 0.239 e. The van der Waals surface area contributed by atoms with Gasteiger partial charge in [0.2, 0.25) is 11.3 Å². The Kier molecular flexibility index (Phi) is 7.62. The van der Waals surface area contributed by atoms with E-state index in [2.05, 4.69) is 10.3 Å². The van der Waals surface area contributed by atoms with Crippen LogP contribution in [-0.2, 0) is 21.3 Å². The largest absolute Gasteiger partial charge is 0.488 e. The van der Waals surface area contributed by atoms with Crippen LogP contribution in [0.25, 0.3) is 0 Å². The van der Waals surface area contributed by atoms with Gasteiger partial charge < -0.3 is 15.0 Å². The van der Waals surface area contributed by atoms with E-state index >= 15 is 0 Å². The highest BCUT2D eigenvalue weighted by atomic mass is 35.5. The van der Waals surface area contributed by atoms with Crippen LogP contribution < -0.4 is 15.5 Å². The van der Waals surface area contributed by atoms with E-state index in [1.807, 2.05) is 6.92 Å². The van der Waals surface area contributed by atoms with Crippen molar-refractivity contribution in [2.75, 3.05) is 11.9 Å². The number of benzene rings is 1. The molecule has 1 aromatic carbocycles. The lowest BCUT2D eigenvalue weighted by molar-refractivity contribution is -0.115. The molecule has 6 nitrogen and oxygen atoms in total. The molecule has 0 aliphatic carbocycles. The Hall–Kier alpha value is -2.12. The first kappa shape index (κ1) is 21.2. The maximum absolute atomic E-state index is 12.5. The number of nitrogens with one attached hydrogen (secondary N) is 2. The maximum atomic E-state index is 12.5. The van der Waals surface area contributed by atoms with Gasteiger partial charge in [-0.15, -0.1) is 0 Å². The zero-order valence-corrected chi connectivity index (χ0v) is 17.1. The summed E-state index contributed by atoms with van der Waals surface area (Å²) in [7, 11) is -1.51. The van der Waals surface area contributed by atoms with Gasteiger partial charge in [0.1, 0.15) is 5.25 Å². The Morgan fingerprint density at radius 2 is 2.15 bits per heavy atom. The number of anilines is 1. The van der Waals surface area contributed by atoms with Crippen molar-refractivity contribution in [1.82, 2.24) is 4.98 Å². The second kappa shape index (κ2) is 9.71. The van der Waals surface area contributed by atoms with Crippen molar-refractivity contribution in [1.29, 1.82) is 0 Å². The van der Waals surface area contributed by atoms with E-state index in [-0.39, 0.29) is 22.8 Å². The minimum absolute atomic E-state index is 0.0619. The van der Waals surface area contributed by atoms with Crippen molar-refractivity contribution in [2.24, 2.45) is 0 Å². The van der Waals surface area contributed by atoms with E-state index in [0.717, 1.165) is 12.0 Å². The smallest absolute Gasteiger partial charge is 0.239 e. The number of pyridine rings is 1. The highest BCUT2D eigenvalue weighted by Gasteiger charge is 2.21. The molecule has 146 valence electrons. The highest BCUT2D eigenvalue weighted by molar-refractivity contribution is 7.85. The summed E-state index contributed by atoms with van der Waals surface area (Å²) in [6.45, 7) is 5.78. The molecule has 0 radical (unpaired) electrons. The van der Waals surface area contributed by atoms with Crippen molar-refractivity contribution < 1.29 is 13.7 Å². The van der Waals surface area contributed by atoms with Gasteiger partial charge in [-0.1, -0.05) is 24.6 Å². The fourth-order valence-corrected chi connectivity index (χ4v) is 3.48. The summed E-state index contributed by atoms with van der Waals surface area (Å²) in [5.74, 6) is -0.0792. The summed E-state index contributed by atoms with van der Waals surface area (Å²) in [6, 6.07) is 6.56. The van der Waals surface area contributed by atoms with Crippen molar-refractivity contribution >= 4 is 34.0 Å². The van der Waals surface area contributed by atoms with E-state index < -0.39 is 16.0 Å². The van der Waals surface area contributed by atoms with Crippen molar-refractivity contribution in [2.45, 2.75) is 38.2 Å². The van der Waals surface area contributed by atoms with Gasteiger partial charge in [-0.25, -0.2) is 0 Å². The van der Waals surface area contributed by atoms with Crippen LogP contribution in [0.3, 0.4) is 0 Å². The molecule has 1 aromatic heterocycles. The number of carbonyl (C=O) groups excluding carboxylic acids is 1. The molecule has 2 unspecified atom stereocenters. The van der Waals surface area contributed by atoms with E-state index in [4.69, 9.17) is 16.3 Å². The number of H-pyrrole nitrogens is 1. The van der Waals surface area contributed by atoms with E-state index in [0.29, 0.717) is 23.0 Å². The monoisotopic (exact) mass is 410 g/mol. The quantitative estimate of drug-likeness (QED) is 0.698. The van der Waals surface area contributed by atoms with Gasteiger partial charge in [-0.3, -0.25) is 13.8 Å². The van der Waals surface area contributed by atoms with Crippen molar-refractivity contribution in [3.8, 4) is 5.75 Å². The van der Waals surface area contributed by atoms with Crippen LogP contribution in [-0.4, -0.2) is 27.0 Å². The number of hydrogen-bond acceptors (Lipinski definition) is 4. The van der Waals surface area contributed by atoms with Gasteiger partial charge in [0.05, 0.1) is 12.4 Å². The summed E-state index contributed by atoms with van der Waals surface area (Å²) in [6.07, 6.45) is 2.26. The Labute approximate surface area is 165 Å². The third-order valence-corrected chi connectivity index (χ3v) is 5.99. The Balaban J connectivity index is 2.02. The standard InChI is InChI=1S/C19H23ClN2O4S/c1-4-8-26-18-10-21-14(9-17(18)23)11-27(25)13(3)19(24)22-16-7-5-6-15(20)12(16)2/h5-7,9-10,13H,4,8,11H2,1-3H3,(H,21,23)(H,22,24). The first-order valence-electron chi connectivity index (χ1n) is 8.61. The molecule has 27 heavy (non-hydrogen) atoms. The summed E-state index contributed by atoms with van der Waals surface area (Å²) in [5.41, 5.74) is 1.54. The van der Waals surface area contributed by atoms with Crippen LogP contribution in [0, 0.1) is 6.92 Å². The molecule has 8 heteroatoms. The third-order valence-electron chi connectivity index (χ3n) is 3.99. The number of aromatic nitrogens is 1. The number of aromatic amines is 1. The minimum atomic E-state index is -1.51. The summed E-state index contributed by atoms with van der Waals surface area (Å²) < 4.78 is 17.9. The van der Waals surface area contributed by atoms with Gasteiger partial charge in [-0.2, -0.15) is 0 Å². The van der Waals surface area contributed by atoms with E-state index in [1.54, 1.807) is 32.0 Å². The third kappa shape index (κ3) is 5.68. The van der Waals surface area contributed by atoms with Gasteiger partial charge in [-0.05, 0) is 38.0 Å². The Morgan fingerprint density at radius 1 is 1.41 bits per heavy atom. The lowest BCUT2D eigenvalue weighted by Crippen LogP contribution is -2.30. The first-order valence-corrected chi connectivity index (χ1v) is 10.4. The molecule has 2 aromatic rings. The number of carbonyl (C=O) groups is 1. The van der Waals surface area contributed by atoms with Crippen LogP contribution in [0.15, 0.2) is 35.3 Å². The van der Waals surface area contributed by atoms with Gasteiger partial charge in [0.25, 0.3) is 0 Å². The first-order chi connectivity index (χ1) is 12.8. The topological polar surface area (TPSA) is 88.3 Å². The predicted octanol–water partition coefficient (Wildman–Crippen LogP) is 3.40. The second-order valence-electron chi connectivity index (χ2n) is 6.10. The normalized spacial score (nSPS) is 13.0. The van der Waals surface area contributed by atoms with Gasteiger partial charge >= 0.3 is 0 Å². The molecular formula is C19H23ClN2O4S. The summed E-state index contributed by atoms with van der Waals surface area (Å²) in [4.78, 5) is 27.3. The molecule has 0 bridgehead atoms. The molecule has 1 heterocycles. The van der Waals surface area contributed by atoms with Crippen LogP contribution >= 0.6 is 11.6 Å². The molecule has 0 fully saturated rings. The van der Waals surface area contributed by atoms with Gasteiger partial charge in [0, 0.05) is 39.5 Å². The molecule has 0 spiro atoms. The number of ether oxygens (including phenoxy) is 1. The zero-order valence-electron chi connectivity index (χ0n) is 15.5. The van der Waals surface area contributed by atoms with Crippen molar-refractivity contribution in [3.63, 3.8) is 0 Å². The molecule has 0 aliphatic rings. The van der Waals surface area contributed by atoms with Crippen LogP contribution in [0.4, 0.5) is 5.69 Å². The van der Waals surface area contributed by atoms with E-state index in [1.165, 1.54) is 12.3 Å². The van der Waals surface area contributed by atoms with Crippen LogP contribution in [0.5, 0.6) is 5.75 Å². The average molecular weight is 411 g/mol. The fraction of sp³-hybridized carbons (Fsp3) is 0.368. The number of hydrogen-bond donors (Lipinski definition) is 2. The molecule has 1 amide bonds. The lowest BCUT2D eigenvalue weighted by Gasteiger charge is -2.14. The number of amides is 1. The zero-order chi connectivity index (χ0) is 20.0. The summed E-state index contributed by atoms with van der Waals surface area (Å²) in [5, 5.41) is 2.54. The predicted molar refractivity (Wildman–Crippen MR) is 109 cm³/mol. The van der Waals surface area contributed by atoms with Crippen LogP contribution in [0.1, 0.15) is 31.5 Å². The molecule has 2 rings (SSSR count). The average Bonchev–Trinajstić information content (AvgIpc) is 2.64. The SMILES string of the molecule is CCCOc1c[nH]c(CS(=O)C(C)C(=O)Nc2cccc(Cl)c2C)cc1=O. The lowest BCUT2D eigenvalue weighted by atomic mass is 10.2. The Morgan fingerprint density at radius 3 is 2.81 bits per heavy atom. The number of halogens is 1. The molecule has 0 aliphatic heterocycles. The fourth-order valence-electron chi connectivity index (χ4n) is 2.28. The molecule has 2 atom stereocenters. The Bertz CT molecular complexity index is 898. The molecule has 0 saturated heterocycles. The number of rotatable bonds is 8. The van der Waals surface area contributed by atoms with Crippen molar-refractivity contribution in [3.05, 3.63) is 57.0 Å². The highest BCUT2D eigenvalue weighted by Crippen LogP contribution is 2.23. The molecular weight excluding hydrogens is 388 g/mol. The molecule has 0 saturated carbocycles. The molecule has 2 N–H and O–H groups in total.